The minimum Gasteiger partial charge on any atom is -0.489 e. The van der Waals surface area contributed by atoms with Crippen LogP contribution in [0, 0.1) is 5.82 Å². The molecule has 0 radical (unpaired) electrons. The smallest absolute Gasteiger partial charge is 0.321 e. The maximum Gasteiger partial charge on any atom is 0.321 e. The molecule has 0 spiro atoms. The highest BCUT2D eigenvalue weighted by atomic mass is 79.9. The molecule has 0 aromatic heterocycles. The Balaban J connectivity index is 1.80. The molecule has 116 valence electrons. The summed E-state index contributed by atoms with van der Waals surface area (Å²) in [5.74, 6) is -0.230. The van der Waals surface area contributed by atoms with Crippen molar-refractivity contribution >= 4 is 27.6 Å². The molecule has 22 heavy (non-hydrogen) atoms. The summed E-state index contributed by atoms with van der Waals surface area (Å²) in [6.07, 6.45) is 0. The molecule has 0 saturated heterocycles. The molecular weight excluding hydrogens is 351 g/mol. The first-order chi connectivity index (χ1) is 10.6. The Morgan fingerprint density at radius 1 is 1.27 bits per heavy atom. The molecule has 1 N–H and O–H groups in total. The zero-order valence-corrected chi connectivity index (χ0v) is 13.6. The van der Waals surface area contributed by atoms with E-state index in [1.165, 1.54) is 11.0 Å². The fourth-order valence-electron chi connectivity index (χ4n) is 1.74. The number of amides is 2. The molecule has 0 aliphatic rings. The molecule has 0 fully saturated rings. The average molecular weight is 367 g/mol. The van der Waals surface area contributed by atoms with Crippen LogP contribution in [0.4, 0.5) is 14.9 Å². The number of urea groups is 1. The zero-order valence-electron chi connectivity index (χ0n) is 12.1. The van der Waals surface area contributed by atoms with Crippen molar-refractivity contribution in [1.82, 2.24) is 4.90 Å². The highest BCUT2D eigenvalue weighted by Crippen LogP contribution is 2.16. The molecule has 0 unspecified atom stereocenters. The lowest BCUT2D eigenvalue weighted by molar-refractivity contribution is 0.206. The van der Waals surface area contributed by atoms with Crippen molar-refractivity contribution in [3.8, 4) is 5.75 Å². The van der Waals surface area contributed by atoms with Crippen molar-refractivity contribution in [2.24, 2.45) is 0 Å². The highest BCUT2D eigenvalue weighted by molar-refractivity contribution is 9.10. The number of carbonyl (C=O) groups is 1. The monoisotopic (exact) mass is 366 g/mol. The summed E-state index contributed by atoms with van der Waals surface area (Å²) in [4.78, 5) is 13.5. The molecule has 0 bridgehead atoms. The van der Waals surface area contributed by atoms with Crippen molar-refractivity contribution in [2.45, 2.75) is 0 Å². The van der Waals surface area contributed by atoms with E-state index in [1.807, 2.05) is 18.2 Å². The van der Waals surface area contributed by atoms with E-state index < -0.39 is 5.82 Å². The summed E-state index contributed by atoms with van der Waals surface area (Å²) < 4.78 is 19.6. The van der Waals surface area contributed by atoms with E-state index in [1.54, 1.807) is 31.3 Å². The Morgan fingerprint density at radius 3 is 2.77 bits per heavy atom. The number of anilines is 1. The first-order valence-corrected chi connectivity index (χ1v) is 7.50. The third-order valence-electron chi connectivity index (χ3n) is 2.94. The van der Waals surface area contributed by atoms with Crippen molar-refractivity contribution in [1.29, 1.82) is 0 Å². The molecule has 2 rings (SSSR count). The Bertz CT molecular complexity index is 652. The lowest BCUT2D eigenvalue weighted by atomic mass is 10.3. The third kappa shape index (κ3) is 4.73. The molecule has 4 nitrogen and oxygen atoms in total. The SMILES string of the molecule is CN(CCOc1ccccc1F)C(=O)Nc1cccc(Br)c1. The highest BCUT2D eigenvalue weighted by Gasteiger charge is 2.09. The normalized spacial score (nSPS) is 10.1. The maximum absolute atomic E-state index is 13.4. The van der Waals surface area contributed by atoms with Crippen LogP contribution < -0.4 is 10.1 Å². The molecule has 0 aliphatic heterocycles. The topological polar surface area (TPSA) is 41.6 Å². The van der Waals surface area contributed by atoms with Gasteiger partial charge in [-0.15, -0.1) is 0 Å². The van der Waals surface area contributed by atoms with E-state index in [0.29, 0.717) is 12.2 Å². The van der Waals surface area contributed by atoms with Gasteiger partial charge in [0.25, 0.3) is 0 Å². The minimum atomic E-state index is -0.413. The molecule has 6 heteroatoms. The van der Waals surface area contributed by atoms with Gasteiger partial charge in [0.15, 0.2) is 11.6 Å². The van der Waals surface area contributed by atoms with Gasteiger partial charge in [0.1, 0.15) is 6.61 Å². The molecular formula is C16H16BrFN2O2. The number of ether oxygens (including phenoxy) is 1. The lowest BCUT2D eigenvalue weighted by Crippen LogP contribution is -2.34. The number of benzene rings is 2. The number of nitrogens with one attached hydrogen (secondary N) is 1. The largest absolute Gasteiger partial charge is 0.489 e. The number of hydrogen-bond donors (Lipinski definition) is 1. The van der Waals surface area contributed by atoms with Crippen LogP contribution in [0.5, 0.6) is 5.75 Å². The van der Waals surface area contributed by atoms with Gasteiger partial charge in [-0.1, -0.05) is 34.1 Å². The predicted octanol–water partition coefficient (Wildman–Crippen LogP) is 4.13. The van der Waals surface area contributed by atoms with E-state index in [9.17, 15) is 9.18 Å². The number of halogens is 2. The molecule has 0 aliphatic carbocycles. The molecule has 2 aromatic carbocycles. The maximum atomic E-state index is 13.4. The molecule has 0 heterocycles. The average Bonchev–Trinajstić information content (AvgIpc) is 2.49. The van der Waals surface area contributed by atoms with E-state index in [-0.39, 0.29) is 18.4 Å². The van der Waals surface area contributed by atoms with Gasteiger partial charge in [-0.25, -0.2) is 9.18 Å². The first kappa shape index (κ1) is 16.3. The van der Waals surface area contributed by atoms with E-state index in [2.05, 4.69) is 21.2 Å². The second-order valence-corrected chi connectivity index (χ2v) is 5.56. The van der Waals surface area contributed by atoms with Gasteiger partial charge in [0, 0.05) is 17.2 Å². The van der Waals surface area contributed by atoms with Crippen LogP contribution in [0.15, 0.2) is 53.0 Å². The fraction of sp³-hybridized carbons (Fsp3) is 0.188. The number of likely N-dealkylation sites (N-methyl/N-ethyl adjacent to an activating group) is 1. The predicted molar refractivity (Wildman–Crippen MR) is 87.7 cm³/mol. The Morgan fingerprint density at radius 2 is 2.05 bits per heavy atom. The minimum absolute atomic E-state index is 0.184. The van der Waals surface area contributed by atoms with Crippen molar-refractivity contribution in [3.05, 3.63) is 58.8 Å². The third-order valence-corrected chi connectivity index (χ3v) is 3.44. The molecule has 0 atom stereocenters. The van der Waals surface area contributed by atoms with E-state index >= 15 is 0 Å². The summed E-state index contributed by atoms with van der Waals surface area (Å²) in [6.45, 7) is 0.553. The van der Waals surface area contributed by atoms with Crippen molar-refractivity contribution < 1.29 is 13.9 Å². The first-order valence-electron chi connectivity index (χ1n) is 6.71. The summed E-state index contributed by atoms with van der Waals surface area (Å²) in [5, 5.41) is 2.77. The molecule has 2 amide bonds. The van der Waals surface area contributed by atoms with Crippen molar-refractivity contribution in [3.63, 3.8) is 0 Å². The fourth-order valence-corrected chi connectivity index (χ4v) is 2.14. The summed E-state index contributed by atoms with van der Waals surface area (Å²) in [6, 6.07) is 13.2. The van der Waals surface area contributed by atoms with Crippen LogP contribution >= 0.6 is 15.9 Å². The van der Waals surface area contributed by atoms with Crippen molar-refractivity contribution in [2.75, 3.05) is 25.5 Å². The van der Waals surface area contributed by atoms with Crippen LogP contribution in [0.2, 0.25) is 0 Å². The number of nitrogens with zero attached hydrogens (tertiary/aromatic N) is 1. The number of para-hydroxylation sites is 1. The van der Waals surface area contributed by atoms with Crippen LogP contribution in [0.3, 0.4) is 0 Å². The van der Waals surface area contributed by atoms with E-state index in [0.717, 1.165) is 4.47 Å². The van der Waals surface area contributed by atoms with Gasteiger partial charge in [-0.05, 0) is 30.3 Å². The zero-order chi connectivity index (χ0) is 15.9. The molecule has 0 saturated carbocycles. The molecule has 2 aromatic rings. The van der Waals surface area contributed by atoms with Crippen LogP contribution in [-0.4, -0.2) is 31.1 Å². The van der Waals surface area contributed by atoms with Gasteiger partial charge in [-0.3, -0.25) is 0 Å². The second-order valence-electron chi connectivity index (χ2n) is 4.64. The van der Waals surface area contributed by atoms with E-state index in [4.69, 9.17) is 4.74 Å². The Labute approximate surface area is 137 Å². The Hall–Kier alpha value is -2.08. The number of carbonyl (C=O) groups excluding carboxylic acids is 1. The summed E-state index contributed by atoms with van der Waals surface area (Å²) in [5.41, 5.74) is 0.696. The summed E-state index contributed by atoms with van der Waals surface area (Å²) in [7, 11) is 1.65. The van der Waals surface area contributed by atoms with Gasteiger partial charge in [-0.2, -0.15) is 0 Å². The second kappa shape index (κ2) is 7.79. The summed E-state index contributed by atoms with van der Waals surface area (Å²) >= 11 is 3.34. The number of hydrogen-bond acceptors (Lipinski definition) is 2. The Kier molecular flexibility index (Phi) is 5.77. The number of rotatable bonds is 5. The van der Waals surface area contributed by atoms with Gasteiger partial charge in [0.05, 0.1) is 6.54 Å². The quantitative estimate of drug-likeness (QED) is 0.864. The van der Waals surface area contributed by atoms with Gasteiger partial charge < -0.3 is 15.0 Å². The van der Waals surface area contributed by atoms with Gasteiger partial charge in [0.2, 0.25) is 0 Å². The van der Waals surface area contributed by atoms with Crippen LogP contribution in [-0.2, 0) is 0 Å². The van der Waals surface area contributed by atoms with Crippen LogP contribution in [0.25, 0.3) is 0 Å². The van der Waals surface area contributed by atoms with Crippen LogP contribution in [0.1, 0.15) is 0 Å². The lowest BCUT2D eigenvalue weighted by Gasteiger charge is -2.18. The standard InChI is InChI=1S/C16H16BrFN2O2/c1-20(9-10-22-15-8-3-2-7-14(15)18)16(21)19-13-6-4-5-12(17)11-13/h2-8,11H,9-10H2,1H3,(H,19,21). The van der Waals surface area contributed by atoms with Gasteiger partial charge >= 0.3 is 6.03 Å².